The van der Waals surface area contributed by atoms with Gasteiger partial charge in [0.25, 0.3) is 0 Å². The van der Waals surface area contributed by atoms with E-state index in [9.17, 15) is 0 Å². The lowest BCUT2D eigenvalue weighted by Gasteiger charge is -2.38. The second kappa shape index (κ2) is 11.5. The predicted octanol–water partition coefficient (Wildman–Crippen LogP) is 6.16. The molecule has 194 valence electrons. The topological polar surface area (TPSA) is 56.3 Å². The van der Waals surface area contributed by atoms with E-state index in [-0.39, 0.29) is 5.41 Å². The van der Waals surface area contributed by atoms with Crippen molar-refractivity contribution in [3.05, 3.63) is 40.9 Å². The minimum absolute atomic E-state index is 0.0719. The summed E-state index contributed by atoms with van der Waals surface area (Å²) in [6, 6.07) is 10.5. The lowest BCUT2D eigenvalue weighted by molar-refractivity contribution is 0.292. The minimum Gasteiger partial charge on any atom is -0.361 e. The van der Waals surface area contributed by atoms with Crippen LogP contribution in [0, 0.1) is 5.92 Å². The number of nitrogens with zero attached hydrogens (tertiary/aromatic N) is 4. The maximum atomic E-state index is 6.18. The summed E-state index contributed by atoms with van der Waals surface area (Å²) in [7, 11) is 0. The van der Waals surface area contributed by atoms with Crippen molar-refractivity contribution in [2.75, 3.05) is 47.8 Å². The summed E-state index contributed by atoms with van der Waals surface area (Å²) in [4.78, 5) is 14.6. The van der Waals surface area contributed by atoms with Crippen molar-refractivity contribution in [3.8, 4) is 0 Å². The van der Waals surface area contributed by atoms with Crippen molar-refractivity contribution >= 4 is 46.5 Å². The third-order valence-electron chi connectivity index (χ3n) is 8.32. The van der Waals surface area contributed by atoms with Crippen molar-refractivity contribution in [1.29, 1.82) is 0 Å². The number of thiocarbonyl (C=S) groups is 1. The standard InChI is InChI=1S/C28H39ClN6S/c1-21-11-17-35(18-12-21)25-19-24(34-15-5-6-16-34)31-26(32-25)33-27(36)30-20-28(13-3-2-4-14-28)22-7-9-23(29)10-8-22/h7-10,19,21H,2-6,11-18,20H2,1H3,(H2,30,31,32,33,36). The van der Waals surface area contributed by atoms with Gasteiger partial charge in [-0.1, -0.05) is 49.9 Å². The molecule has 2 aromatic rings. The van der Waals surface area contributed by atoms with E-state index in [0.29, 0.717) is 11.1 Å². The van der Waals surface area contributed by atoms with E-state index in [1.807, 2.05) is 12.1 Å². The van der Waals surface area contributed by atoms with Gasteiger partial charge in [0.05, 0.1) is 0 Å². The van der Waals surface area contributed by atoms with Crippen LogP contribution in [0.5, 0.6) is 0 Å². The van der Waals surface area contributed by atoms with Crippen LogP contribution in [0.15, 0.2) is 30.3 Å². The van der Waals surface area contributed by atoms with E-state index in [1.54, 1.807) is 0 Å². The van der Waals surface area contributed by atoms with Gasteiger partial charge in [0.1, 0.15) is 11.6 Å². The molecule has 2 N–H and O–H groups in total. The molecule has 0 radical (unpaired) electrons. The monoisotopic (exact) mass is 526 g/mol. The number of halogens is 1. The molecule has 1 aromatic heterocycles. The average Bonchev–Trinajstić information content (AvgIpc) is 3.44. The summed E-state index contributed by atoms with van der Waals surface area (Å²) in [5.74, 6) is 3.39. The Balaban J connectivity index is 1.30. The normalized spacial score (nSPS) is 20.4. The second-order valence-electron chi connectivity index (χ2n) is 10.9. The first-order valence-corrected chi connectivity index (χ1v) is 14.5. The van der Waals surface area contributed by atoms with Crippen molar-refractivity contribution in [2.45, 2.75) is 70.1 Å². The number of anilines is 3. The molecule has 0 unspecified atom stereocenters. The van der Waals surface area contributed by atoms with Gasteiger partial charge in [0.2, 0.25) is 5.95 Å². The van der Waals surface area contributed by atoms with Gasteiger partial charge in [0, 0.05) is 49.2 Å². The zero-order valence-electron chi connectivity index (χ0n) is 21.4. The number of rotatable bonds is 6. The summed E-state index contributed by atoms with van der Waals surface area (Å²) >= 11 is 11.9. The molecule has 0 bridgehead atoms. The van der Waals surface area contributed by atoms with E-state index in [0.717, 1.165) is 68.1 Å². The van der Waals surface area contributed by atoms with Crippen molar-refractivity contribution in [3.63, 3.8) is 0 Å². The third kappa shape index (κ3) is 6.05. The summed E-state index contributed by atoms with van der Waals surface area (Å²) in [6.45, 7) is 7.33. The summed E-state index contributed by atoms with van der Waals surface area (Å²) in [5.41, 5.74) is 1.42. The van der Waals surface area contributed by atoms with Crippen molar-refractivity contribution < 1.29 is 0 Å². The van der Waals surface area contributed by atoms with E-state index in [2.05, 4.69) is 45.6 Å². The molecule has 1 saturated carbocycles. The third-order valence-corrected chi connectivity index (χ3v) is 8.82. The molecule has 2 aliphatic heterocycles. The van der Waals surface area contributed by atoms with Crippen LogP contribution >= 0.6 is 23.8 Å². The Morgan fingerprint density at radius 3 is 2.19 bits per heavy atom. The van der Waals surface area contributed by atoms with Gasteiger partial charge in [0.15, 0.2) is 5.11 Å². The highest BCUT2D eigenvalue weighted by molar-refractivity contribution is 7.80. The molecule has 0 spiro atoms. The number of aromatic nitrogens is 2. The molecular formula is C28H39ClN6S. The summed E-state index contributed by atoms with van der Waals surface area (Å²) in [6.07, 6.45) is 10.9. The van der Waals surface area contributed by atoms with Crippen LogP contribution in [-0.4, -0.2) is 47.8 Å². The van der Waals surface area contributed by atoms with Crippen LogP contribution < -0.4 is 20.4 Å². The predicted molar refractivity (Wildman–Crippen MR) is 155 cm³/mol. The maximum Gasteiger partial charge on any atom is 0.232 e. The van der Waals surface area contributed by atoms with Crippen LogP contribution in [0.3, 0.4) is 0 Å². The quantitative estimate of drug-likeness (QED) is 0.437. The Hall–Kier alpha value is -2.12. The van der Waals surface area contributed by atoms with Gasteiger partial charge >= 0.3 is 0 Å². The van der Waals surface area contributed by atoms with Crippen LogP contribution in [-0.2, 0) is 5.41 Å². The van der Waals surface area contributed by atoms with E-state index in [1.165, 1.54) is 50.5 Å². The number of hydrogen-bond acceptors (Lipinski definition) is 5. The Labute approximate surface area is 226 Å². The first kappa shape index (κ1) is 25.5. The summed E-state index contributed by atoms with van der Waals surface area (Å²) < 4.78 is 0. The average molecular weight is 527 g/mol. The van der Waals surface area contributed by atoms with Crippen LogP contribution in [0.2, 0.25) is 5.02 Å². The molecule has 1 aromatic carbocycles. The fourth-order valence-electron chi connectivity index (χ4n) is 5.98. The molecular weight excluding hydrogens is 488 g/mol. The number of hydrogen-bond donors (Lipinski definition) is 2. The van der Waals surface area contributed by atoms with Crippen LogP contribution in [0.25, 0.3) is 0 Å². The largest absolute Gasteiger partial charge is 0.361 e. The smallest absolute Gasteiger partial charge is 0.232 e. The van der Waals surface area contributed by atoms with Gasteiger partial charge in [-0.25, -0.2) is 0 Å². The van der Waals surface area contributed by atoms with Crippen molar-refractivity contribution in [1.82, 2.24) is 15.3 Å². The number of nitrogens with one attached hydrogen (secondary N) is 2. The molecule has 36 heavy (non-hydrogen) atoms. The Morgan fingerprint density at radius 1 is 0.944 bits per heavy atom. The number of benzene rings is 1. The fraction of sp³-hybridized carbons (Fsp3) is 0.607. The minimum atomic E-state index is 0.0719. The molecule has 6 nitrogen and oxygen atoms in total. The Kier molecular flexibility index (Phi) is 8.16. The zero-order chi connectivity index (χ0) is 25.0. The zero-order valence-corrected chi connectivity index (χ0v) is 23.0. The van der Waals surface area contributed by atoms with E-state index >= 15 is 0 Å². The first-order valence-electron chi connectivity index (χ1n) is 13.7. The second-order valence-corrected chi connectivity index (χ2v) is 11.8. The molecule has 5 rings (SSSR count). The SMILES string of the molecule is CC1CCN(c2cc(N3CCCC3)nc(NC(=S)NCC3(c4ccc(Cl)cc4)CCCCC3)n2)CC1. The van der Waals surface area contributed by atoms with Crippen LogP contribution in [0.4, 0.5) is 17.6 Å². The first-order chi connectivity index (χ1) is 17.5. The highest BCUT2D eigenvalue weighted by Crippen LogP contribution is 2.39. The van der Waals surface area contributed by atoms with Crippen LogP contribution in [0.1, 0.15) is 70.3 Å². The highest BCUT2D eigenvalue weighted by atomic mass is 35.5. The molecule has 0 atom stereocenters. The number of piperidine rings is 1. The molecule has 2 saturated heterocycles. The molecule has 8 heteroatoms. The van der Waals surface area contributed by atoms with Gasteiger partial charge < -0.3 is 20.4 Å². The van der Waals surface area contributed by atoms with Gasteiger partial charge in [-0.2, -0.15) is 9.97 Å². The van der Waals surface area contributed by atoms with E-state index in [4.69, 9.17) is 33.8 Å². The lowest BCUT2D eigenvalue weighted by Crippen LogP contribution is -2.43. The molecule has 3 heterocycles. The lowest BCUT2D eigenvalue weighted by atomic mass is 9.69. The molecule has 3 fully saturated rings. The Morgan fingerprint density at radius 2 is 1.56 bits per heavy atom. The van der Waals surface area contributed by atoms with E-state index < -0.39 is 0 Å². The Bertz CT molecular complexity index is 1020. The fourth-order valence-corrected chi connectivity index (χ4v) is 6.27. The maximum absolute atomic E-state index is 6.18. The highest BCUT2D eigenvalue weighted by Gasteiger charge is 2.34. The molecule has 3 aliphatic rings. The molecule has 0 amide bonds. The summed E-state index contributed by atoms with van der Waals surface area (Å²) in [5, 5.41) is 8.23. The van der Waals surface area contributed by atoms with Gasteiger partial charge in [-0.05, 0) is 74.4 Å². The van der Waals surface area contributed by atoms with Crippen molar-refractivity contribution in [2.24, 2.45) is 5.92 Å². The molecule has 1 aliphatic carbocycles. The van der Waals surface area contributed by atoms with Gasteiger partial charge in [-0.3, -0.25) is 0 Å². The van der Waals surface area contributed by atoms with Gasteiger partial charge in [-0.15, -0.1) is 0 Å².